The molecule has 2 aromatic rings. The molecule has 0 radical (unpaired) electrons. The number of nitrogens with one attached hydrogen (secondary N) is 1. The fraction of sp³-hybridized carbons (Fsp3) is 0.300. The summed E-state index contributed by atoms with van der Waals surface area (Å²) >= 11 is 0. The van der Waals surface area contributed by atoms with E-state index < -0.39 is 0 Å². The van der Waals surface area contributed by atoms with Crippen LogP contribution in [-0.4, -0.2) is 24.3 Å². The number of hydrogen-bond acceptors (Lipinski definition) is 3. The Balaban J connectivity index is 1.73. The molecule has 24 heavy (non-hydrogen) atoms. The number of carbonyl (C=O) groups is 2. The number of fused-ring (bicyclic) bond motifs is 1. The molecule has 4 heteroatoms. The maximum atomic E-state index is 12.8. The van der Waals surface area contributed by atoms with Gasteiger partial charge < -0.3 is 10.2 Å². The van der Waals surface area contributed by atoms with E-state index in [0.717, 1.165) is 24.2 Å². The minimum absolute atomic E-state index is 0.0172. The van der Waals surface area contributed by atoms with Crippen molar-refractivity contribution in [1.82, 2.24) is 0 Å². The Labute approximate surface area is 142 Å². The van der Waals surface area contributed by atoms with E-state index in [1.807, 2.05) is 35.2 Å². The summed E-state index contributed by atoms with van der Waals surface area (Å²) in [6.07, 6.45) is 1.98. The molecule has 124 valence electrons. The van der Waals surface area contributed by atoms with Crippen LogP contribution in [0, 0.1) is 0 Å². The van der Waals surface area contributed by atoms with Gasteiger partial charge in [-0.3, -0.25) is 9.59 Å². The Morgan fingerprint density at radius 2 is 1.96 bits per heavy atom. The van der Waals surface area contributed by atoms with E-state index in [2.05, 4.69) is 18.3 Å². The van der Waals surface area contributed by atoms with E-state index in [9.17, 15) is 9.59 Å². The van der Waals surface area contributed by atoms with Gasteiger partial charge in [0.1, 0.15) is 0 Å². The molecule has 0 aliphatic carbocycles. The average Bonchev–Trinajstić information content (AvgIpc) is 2.60. The SMILES string of the molecule is CC(=O)c1cccc(NCC(=O)N2c3ccccc3CC[C@@H]2C)c1. The summed E-state index contributed by atoms with van der Waals surface area (Å²) < 4.78 is 0. The molecule has 0 spiro atoms. The summed E-state index contributed by atoms with van der Waals surface area (Å²) in [4.78, 5) is 26.1. The van der Waals surface area contributed by atoms with Crippen molar-refractivity contribution in [2.75, 3.05) is 16.8 Å². The first-order chi connectivity index (χ1) is 11.6. The predicted octanol–water partition coefficient (Wildman–Crippen LogP) is 3.67. The minimum atomic E-state index is 0.0172. The number of anilines is 2. The van der Waals surface area contributed by atoms with E-state index in [-0.39, 0.29) is 24.3 Å². The van der Waals surface area contributed by atoms with E-state index in [0.29, 0.717) is 5.56 Å². The van der Waals surface area contributed by atoms with Crippen LogP contribution in [-0.2, 0) is 11.2 Å². The second kappa shape index (κ2) is 6.87. The first-order valence-electron chi connectivity index (χ1n) is 8.31. The van der Waals surface area contributed by atoms with Crippen LogP contribution in [0.5, 0.6) is 0 Å². The Kier molecular flexibility index (Phi) is 4.65. The van der Waals surface area contributed by atoms with E-state index in [1.54, 1.807) is 12.1 Å². The number of aryl methyl sites for hydroxylation is 1. The van der Waals surface area contributed by atoms with Crippen molar-refractivity contribution >= 4 is 23.1 Å². The summed E-state index contributed by atoms with van der Waals surface area (Å²) in [6.45, 7) is 3.83. The highest BCUT2D eigenvalue weighted by Crippen LogP contribution is 2.30. The highest BCUT2D eigenvalue weighted by Gasteiger charge is 2.27. The van der Waals surface area contributed by atoms with Gasteiger partial charge in [-0.2, -0.15) is 0 Å². The number of ketones is 1. The van der Waals surface area contributed by atoms with Gasteiger partial charge in [0, 0.05) is 23.0 Å². The van der Waals surface area contributed by atoms with Crippen LogP contribution in [0.2, 0.25) is 0 Å². The quantitative estimate of drug-likeness (QED) is 0.874. The summed E-state index contributed by atoms with van der Waals surface area (Å²) in [6, 6.07) is 15.5. The zero-order valence-electron chi connectivity index (χ0n) is 14.1. The smallest absolute Gasteiger partial charge is 0.246 e. The summed E-state index contributed by atoms with van der Waals surface area (Å²) in [5.74, 6) is 0.0615. The molecule has 0 aromatic heterocycles. The number of Topliss-reactive ketones (excluding diaryl/α,β-unsaturated/α-hetero) is 1. The number of amides is 1. The molecule has 3 rings (SSSR count). The monoisotopic (exact) mass is 322 g/mol. The summed E-state index contributed by atoms with van der Waals surface area (Å²) in [5, 5.41) is 3.14. The standard InChI is InChI=1S/C20H22N2O2/c1-14-10-11-16-6-3-4-9-19(16)22(14)20(24)13-21-18-8-5-7-17(12-18)15(2)23/h3-9,12,14,21H,10-11,13H2,1-2H3/t14-/m0/s1. The fourth-order valence-corrected chi connectivity index (χ4v) is 3.18. The molecule has 4 nitrogen and oxygen atoms in total. The lowest BCUT2D eigenvalue weighted by atomic mass is 9.96. The lowest BCUT2D eigenvalue weighted by molar-refractivity contribution is -0.117. The van der Waals surface area contributed by atoms with Gasteiger partial charge in [0.25, 0.3) is 0 Å². The van der Waals surface area contributed by atoms with Crippen molar-refractivity contribution in [2.45, 2.75) is 32.7 Å². The first kappa shape index (κ1) is 16.2. The van der Waals surface area contributed by atoms with Crippen molar-refractivity contribution < 1.29 is 9.59 Å². The van der Waals surface area contributed by atoms with Crippen molar-refractivity contribution in [2.24, 2.45) is 0 Å². The highest BCUT2D eigenvalue weighted by molar-refractivity contribution is 5.98. The van der Waals surface area contributed by atoms with Crippen molar-refractivity contribution in [3.05, 3.63) is 59.7 Å². The van der Waals surface area contributed by atoms with Gasteiger partial charge >= 0.3 is 0 Å². The number of hydrogen-bond donors (Lipinski definition) is 1. The molecular weight excluding hydrogens is 300 g/mol. The minimum Gasteiger partial charge on any atom is -0.376 e. The first-order valence-corrected chi connectivity index (χ1v) is 8.31. The number of benzene rings is 2. The van der Waals surface area contributed by atoms with Crippen LogP contribution in [0.15, 0.2) is 48.5 Å². The summed E-state index contributed by atoms with van der Waals surface area (Å²) in [5.41, 5.74) is 3.67. The van der Waals surface area contributed by atoms with Gasteiger partial charge in [-0.15, -0.1) is 0 Å². The summed E-state index contributed by atoms with van der Waals surface area (Å²) in [7, 11) is 0. The largest absolute Gasteiger partial charge is 0.376 e. The van der Waals surface area contributed by atoms with Gasteiger partial charge in [-0.1, -0.05) is 30.3 Å². The highest BCUT2D eigenvalue weighted by atomic mass is 16.2. The van der Waals surface area contributed by atoms with Crippen LogP contribution in [0.1, 0.15) is 36.2 Å². The van der Waals surface area contributed by atoms with Crippen molar-refractivity contribution in [3.8, 4) is 0 Å². The normalized spacial score (nSPS) is 16.4. The van der Waals surface area contributed by atoms with E-state index in [1.165, 1.54) is 12.5 Å². The number of para-hydroxylation sites is 1. The number of carbonyl (C=O) groups excluding carboxylic acids is 2. The Bertz CT molecular complexity index is 770. The Hall–Kier alpha value is -2.62. The number of nitrogens with zero attached hydrogens (tertiary/aromatic N) is 1. The van der Waals surface area contributed by atoms with Gasteiger partial charge in [-0.25, -0.2) is 0 Å². The van der Waals surface area contributed by atoms with Crippen LogP contribution >= 0.6 is 0 Å². The molecular formula is C20H22N2O2. The van der Waals surface area contributed by atoms with E-state index in [4.69, 9.17) is 0 Å². The third kappa shape index (κ3) is 3.32. The third-order valence-corrected chi connectivity index (χ3v) is 4.50. The molecule has 2 aromatic carbocycles. The molecule has 1 atom stereocenters. The van der Waals surface area contributed by atoms with Crippen molar-refractivity contribution in [1.29, 1.82) is 0 Å². The van der Waals surface area contributed by atoms with Gasteiger partial charge in [0.05, 0.1) is 6.54 Å². The van der Waals surface area contributed by atoms with Gasteiger partial charge in [0.2, 0.25) is 5.91 Å². The molecule has 1 aliphatic rings. The molecule has 0 saturated heterocycles. The molecule has 0 unspecified atom stereocenters. The molecule has 1 heterocycles. The molecule has 0 fully saturated rings. The molecule has 1 N–H and O–H groups in total. The maximum absolute atomic E-state index is 12.8. The van der Waals surface area contributed by atoms with Crippen molar-refractivity contribution in [3.63, 3.8) is 0 Å². The lowest BCUT2D eigenvalue weighted by Crippen LogP contribution is -2.44. The Morgan fingerprint density at radius 3 is 2.75 bits per heavy atom. The topological polar surface area (TPSA) is 49.4 Å². The maximum Gasteiger partial charge on any atom is 0.246 e. The van der Waals surface area contributed by atoms with Crippen LogP contribution in [0.3, 0.4) is 0 Å². The second-order valence-corrected chi connectivity index (χ2v) is 6.27. The predicted molar refractivity (Wildman–Crippen MR) is 96.6 cm³/mol. The zero-order chi connectivity index (χ0) is 17.1. The van der Waals surface area contributed by atoms with Gasteiger partial charge in [0.15, 0.2) is 5.78 Å². The molecule has 1 amide bonds. The zero-order valence-corrected chi connectivity index (χ0v) is 14.1. The van der Waals surface area contributed by atoms with Crippen LogP contribution < -0.4 is 10.2 Å². The van der Waals surface area contributed by atoms with Gasteiger partial charge in [-0.05, 0) is 50.5 Å². The average molecular weight is 322 g/mol. The third-order valence-electron chi connectivity index (χ3n) is 4.50. The molecule has 0 bridgehead atoms. The van der Waals surface area contributed by atoms with Crippen LogP contribution in [0.25, 0.3) is 0 Å². The van der Waals surface area contributed by atoms with E-state index >= 15 is 0 Å². The number of rotatable bonds is 4. The second-order valence-electron chi connectivity index (χ2n) is 6.27. The molecule has 0 saturated carbocycles. The lowest BCUT2D eigenvalue weighted by Gasteiger charge is -2.35. The molecule has 1 aliphatic heterocycles. The fourth-order valence-electron chi connectivity index (χ4n) is 3.18. The Morgan fingerprint density at radius 1 is 1.17 bits per heavy atom. The van der Waals surface area contributed by atoms with Crippen LogP contribution in [0.4, 0.5) is 11.4 Å².